The van der Waals surface area contributed by atoms with Crippen LogP contribution in [0.4, 0.5) is 5.69 Å². The minimum absolute atomic E-state index is 1.06. The van der Waals surface area contributed by atoms with Gasteiger partial charge in [0, 0.05) is 36.3 Å². The molecule has 0 aliphatic carbocycles. The van der Waals surface area contributed by atoms with Crippen molar-refractivity contribution in [2.24, 2.45) is 4.99 Å². The fourth-order valence-corrected chi connectivity index (χ4v) is 2.25. The maximum Gasteiger partial charge on any atom is 0.0769 e. The van der Waals surface area contributed by atoms with Crippen molar-refractivity contribution >= 4 is 23.7 Å². The fraction of sp³-hybridized carbons (Fsp3) is 0.182. The second kappa shape index (κ2) is 3.88. The van der Waals surface area contributed by atoms with E-state index >= 15 is 0 Å². The van der Waals surface area contributed by atoms with Gasteiger partial charge >= 0.3 is 0 Å². The lowest BCUT2D eigenvalue weighted by atomic mass is 10.3. The molecule has 0 radical (unpaired) electrons. The molecule has 1 aliphatic heterocycles. The Morgan fingerprint density at radius 3 is 2.86 bits per heavy atom. The molecule has 0 saturated carbocycles. The number of hydrogen-bond donors (Lipinski definition) is 0. The van der Waals surface area contributed by atoms with Crippen LogP contribution in [0.3, 0.4) is 0 Å². The fourth-order valence-electron chi connectivity index (χ4n) is 1.25. The van der Waals surface area contributed by atoms with E-state index < -0.39 is 0 Å². The molecule has 1 aromatic rings. The van der Waals surface area contributed by atoms with Gasteiger partial charge in [0.05, 0.1) is 5.69 Å². The molecule has 0 atom stereocenters. The summed E-state index contributed by atoms with van der Waals surface area (Å²) < 4.78 is 0. The van der Waals surface area contributed by atoms with Crippen LogP contribution in [0.15, 0.2) is 45.3 Å². The standard InChI is InChI=1S/C11H12N2S/c1-13(2)8-9-7-12-10-5-3-4-6-11(10)14-9/h3-8H,1-2H3. The third kappa shape index (κ3) is 1.99. The Morgan fingerprint density at radius 2 is 2.07 bits per heavy atom. The van der Waals surface area contributed by atoms with Crippen LogP contribution in [0.25, 0.3) is 0 Å². The summed E-state index contributed by atoms with van der Waals surface area (Å²) in [4.78, 5) is 8.82. The molecular formula is C11H12N2S. The summed E-state index contributed by atoms with van der Waals surface area (Å²) in [5.41, 5.74) is 1.06. The van der Waals surface area contributed by atoms with Gasteiger partial charge < -0.3 is 4.90 Å². The molecule has 2 nitrogen and oxygen atoms in total. The number of fused-ring (bicyclic) bond motifs is 1. The summed E-state index contributed by atoms with van der Waals surface area (Å²) in [7, 11) is 4.03. The molecule has 0 aromatic heterocycles. The van der Waals surface area contributed by atoms with Crippen molar-refractivity contribution in [1.82, 2.24) is 4.90 Å². The number of thioether (sulfide) groups is 1. The summed E-state index contributed by atoms with van der Waals surface area (Å²) in [6, 6.07) is 8.18. The number of allylic oxidation sites excluding steroid dienone is 1. The van der Waals surface area contributed by atoms with Crippen LogP contribution in [-0.2, 0) is 0 Å². The molecule has 0 saturated heterocycles. The van der Waals surface area contributed by atoms with Gasteiger partial charge in [-0.3, -0.25) is 4.99 Å². The summed E-state index contributed by atoms with van der Waals surface area (Å²) >= 11 is 1.76. The van der Waals surface area contributed by atoms with Crippen LogP contribution in [-0.4, -0.2) is 25.2 Å². The molecule has 72 valence electrons. The molecule has 1 aromatic carbocycles. The number of benzene rings is 1. The van der Waals surface area contributed by atoms with Gasteiger partial charge in [-0.2, -0.15) is 0 Å². The van der Waals surface area contributed by atoms with E-state index in [1.165, 1.54) is 9.80 Å². The highest BCUT2D eigenvalue weighted by atomic mass is 32.2. The van der Waals surface area contributed by atoms with Crippen LogP contribution in [0, 0.1) is 0 Å². The predicted molar refractivity (Wildman–Crippen MR) is 62.2 cm³/mol. The van der Waals surface area contributed by atoms with E-state index in [1.54, 1.807) is 11.8 Å². The van der Waals surface area contributed by atoms with Crippen molar-refractivity contribution in [2.45, 2.75) is 4.90 Å². The lowest BCUT2D eigenvalue weighted by Gasteiger charge is -2.13. The van der Waals surface area contributed by atoms with Gasteiger partial charge in [0.15, 0.2) is 0 Å². The summed E-state index contributed by atoms with van der Waals surface area (Å²) in [6.45, 7) is 0. The summed E-state index contributed by atoms with van der Waals surface area (Å²) in [5, 5.41) is 0. The third-order valence-corrected chi connectivity index (χ3v) is 2.82. The van der Waals surface area contributed by atoms with Gasteiger partial charge in [0.25, 0.3) is 0 Å². The third-order valence-electron chi connectivity index (χ3n) is 1.81. The first kappa shape index (κ1) is 9.34. The quantitative estimate of drug-likeness (QED) is 0.699. The Morgan fingerprint density at radius 1 is 1.29 bits per heavy atom. The van der Waals surface area contributed by atoms with E-state index in [2.05, 4.69) is 17.3 Å². The molecule has 0 amide bonds. The maximum absolute atomic E-state index is 4.39. The predicted octanol–water partition coefficient (Wildman–Crippen LogP) is 2.90. The Balaban J connectivity index is 2.30. The smallest absolute Gasteiger partial charge is 0.0769 e. The van der Waals surface area contributed by atoms with Gasteiger partial charge in [0.1, 0.15) is 0 Å². The van der Waals surface area contributed by atoms with Crippen molar-refractivity contribution in [3.8, 4) is 0 Å². The minimum atomic E-state index is 1.06. The normalized spacial score (nSPS) is 16.9. The highest BCUT2D eigenvalue weighted by Gasteiger charge is 2.08. The molecule has 0 N–H and O–H groups in total. The minimum Gasteiger partial charge on any atom is -0.383 e. The average Bonchev–Trinajstić information content (AvgIpc) is 2.17. The molecule has 1 heterocycles. The number of hydrogen-bond acceptors (Lipinski definition) is 3. The number of aliphatic imine (C=N–C) groups is 1. The van der Waals surface area contributed by atoms with Crippen molar-refractivity contribution in [2.75, 3.05) is 14.1 Å². The summed E-state index contributed by atoms with van der Waals surface area (Å²) in [6.07, 6.45) is 3.98. The van der Waals surface area contributed by atoms with Crippen LogP contribution in [0.5, 0.6) is 0 Å². The van der Waals surface area contributed by atoms with Crippen molar-refractivity contribution in [3.63, 3.8) is 0 Å². The van der Waals surface area contributed by atoms with Gasteiger partial charge in [0.2, 0.25) is 0 Å². The first-order valence-corrected chi connectivity index (χ1v) is 5.26. The molecule has 3 heteroatoms. The molecular weight excluding hydrogens is 192 g/mol. The Hall–Kier alpha value is -1.22. The zero-order valence-corrected chi connectivity index (χ0v) is 9.08. The molecule has 1 aliphatic rings. The monoisotopic (exact) mass is 204 g/mol. The molecule has 0 bridgehead atoms. The molecule has 0 spiro atoms. The van der Waals surface area contributed by atoms with E-state index in [0.29, 0.717) is 0 Å². The first-order valence-electron chi connectivity index (χ1n) is 4.45. The van der Waals surface area contributed by atoms with Gasteiger partial charge in [-0.15, -0.1) is 0 Å². The highest BCUT2D eigenvalue weighted by molar-refractivity contribution is 8.04. The van der Waals surface area contributed by atoms with Crippen LogP contribution < -0.4 is 0 Å². The van der Waals surface area contributed by atoms with Gasteiger partial charge in [-0.05, 0) is 12.1 Å². The first-order chi connectivity index (χ1) is 6.75. The van der Waals surface area contributed by atoms with E-state index in [0.717, 1.165) is 5.69 Å². The molecule has 2 rings (SSSR count). The topological polar surface area (TPSA) is 15.6 Å². The van der Waals surface area contributed by atoms with E-state index in [-0.39, 0.29) is 0 Å². The summed E-state index contributed by atoms with van der Waals surface area (Å²) in [5.74, 6) is 0. The number of rotatable bonds is 1. The average molecular weight is 204 g/mol. The zero-order chi connectivity index (χ0) is 9.97. The van der Waals surface area contributed by atoms with Crippen LogP contribution >= 0.6 is 11.8 Å². The second-order valence-corrected chi connectivity index (χ2v) is 4.44. The van der Waals surface area contributed by atoms with Crippen molar-refractivity contribution < 1.29 is 0 Å². The Bertz CT molecular complexity index is 394. The highest BCUT2D eigenvalue weighted by Crippen LogP contribution is 2.37. The second-order valence-electron chi connectivity index (χ2n) is 3.32. The zero-order valence-electron chi connectivity index (χ0n) is 8.27. The molecule has 0 unspecified atom stereocenters. The van der Waals surface area contributed by atoms with Crippen molar-refractivity contribution in [1.29, 1.82) is 0 Å². The van der Waals surface area contributed by atoms with Crippen LogP contribution in [0.1, 0.15) is 0 Å². The van der Waals surface area contributed by atoms with E-state index in [4.69, 9.17) is 0 Å². The Kier molecular flexibility index (Phi) is 2.59. The number of nitrogens with zero attached hydrogens (tertiary/aromatic N) is 2. The lowest BCUT2D eigenvalue weighted by Crippen LogP contribution is -2.03. The largest absolute Gasteiger partial charge is 0.383 e. The van der Waals surface area contributed by atoms with E-state index in [9.17, 15) is 0 Å². The van der Waals surface area contributed by atoms with E-state index in [1.807, 2.05) is 43.4 Å². The van der Waals surface area contributed by atoms with Gasteiger partial charge in [-0.25, -0.2) is 0 Å². The van der Waals surface area contributed by atoms with Gasteiger partial charge in [-0.1, -0.05) is 23.9 Å². The molecule has 0 fully saturated rings. The SMILES string of the molecule is CN(C)C=C1C=Nc2ccccc2S1. The Labute approximate surface area is 88.3 Å². The maximum atomic E-state index is 4.39. The van der Waals surface area contributed by atoms with Crippen molar-refractivity contribution in [3.05, 3.63) is 35.4 Å². The van der Waals surface area contributed by atoms with Crippen LogP contribution in [0.2, 0.25) is 0 Å². The molecule has 14 heavy (non-hydrogen) atoms. The lowest BCUT2D eigenvalue weighted by molar-refractivity contribution is 0.563. The number of para-hydroxylation sites is 1.